The fourth-order valence-corrected chi connectivity index (χ4v) is 1.61. The number of aryl methyl sites for hydroxylation is 1. The van der Waals surface area contributed by atoms with Crippen LogP contribution in [0.25, 0.3) is 6.08 Å². The van der Waals surface area contributed by atoms with E-state index in [0.717, 1.165) is 17.9 Å². The molecule has 0 unspecified atom stereocenters. The maximum Gasteiger partial charge on any atom is 0.206 e. The average molecular weight is 256 g/mol. The summed E-state index contributed by atoms with van der Waals surface area (Å²) >= 11 is 0. The van der Waals surface area contributed by atoms with Crippen molar-refractivity contribution in [3.8, 4) is 0 Å². The Morgan fingerprint density at radius 2 is 2.26 bits per heavy atom. The third-order valence-corrected chi connectivity index (χ3v) is 2.63. The van der Waals surface area contributed by atoms with E-state index in [4.69, 9.17) is 4.42 Å². The van der Waals surface area contributed by atoms with Crippen LogP contribution >= 0.6 is 0 Å². The SMILES string of the molecule is CCn1ccc(C(=O)/C=C/C(C)=C/c2ccco2)n1. The molecular formula is C15H16N2O2. The molecule has 19 heavy (non-hydrogen) atoms. The third-order valence-electron chi connectivity index (χ3n) is 2.63. The fourth-order valence-electron chi connectivity index (χ4n) is 1.61. The van der Waals surface area contributed by atoms with Gasteiger partial charge in [0.1, 0.15) is 11.5 Å². The minimum Gasteiger partial charge on any atom is -0.465 e. The first-order chi connectivity index (χ1) is 9.19. The molecule has 98 valence electrons. The number of carbonyl (C=O) groups is 1. The molecular weight excluding hydrogens is 240 g/mol. The molecule has 4 nitrogen and oxygen atoms in total. The zero-order chi connectivity index (χ0) is 13.7. The molecule has 0 saturated heterocycles. The maximum absolute atomic E-state index is 11.9. The van der Waals surface area contributed by atoms with Gasteiger partial charge in [0, 0.05) is 12.7 Å². The second-order valence-electron chi connectivity index (χ2n) is 4.16. The van der Waals surface area contributed by atoms with Crippen LogP contribution in [0.3, 0.4) is 0 Å². The van der Waals surface area contributed by atoms with Crippen LogP contribution < -0.4 is 0 Å². The Balaban J connectivity index is 2.04. The van der Waals surface area contributed by atoms with E-state index < -0.39 is 0 Å². The average Bonchev–Trinajstić information content (AvgIpc) is 3.06. The van der Waals surface area contributed by atoms with E-state index in [-0.39, 0.29) is 5.78 Å². The lowest BCUT2D eigenvalue weighted by Crippen LogP contribution is -2.00. The first kappa shape index (κ1) is 13.1. The van der Waals surface area contributed by atoms with E-state index in [0.29, 0.717) is 5.69 Å². The number of allylic oxidation sites excluding steroid dienone is 3. The van der Waals surface area contributed by atoms with Crippen molar-refractivity contribution in [3.05, 3.63) is 59.8 Å². The summed E-state index contributed by atoms with van der Waals surface area (Å²) in [7, 11) is 0. The quantitative estimate of drug-likeness (QED) is 0.468. The first-order valence-corrected chi connectivity index (χ1v) is 6.16. The highest BCUT2D eigenvalue weighted by molar-refractivity contribution is 6.03. The van der Waals surface area contributed by atoms with Gasteiger partial charge in [-0.2, -0.15) is 5.10 Å². The van der Waals surface area contributed by atoms with Gasteiger partial charge in [0.25, 0.3) is 0 Å². The second kappa shape index (κ2) is 6.00. The monoisotopic (exact) mass is 256 g/mol. The van der Waals surface area contributed by atoms with Crippen molar-refractivity contribution in [2.24, 2.45) is 0 Å². The van der Waals surface area contributed by atoms with E-state index >= 15 is 0 Å². The summed E-state index contributed by atoms with van der Waals surface area (Å²) in [6, 6.07) is 5.41. The Morgan fingerprint density at radius 1 is 1.42 bits per heavy atom. The van der Waals surface area contributed by atoms with E-state index in [9.17, 15) is 4.79 Å². The standard InChI is InChI=1S/C15H16N2O2/c1-3-17-9-8-14(16-17)15(18)7-6-12(2)11-13-5-4-10-19-13/h4-11H,3H2,1-2H3/b7-6+,12-11+. The molecule has 2 aromatic rings. The molecule has 2 heterocycles. The Morgan fingerprint density at radius 3 is 2.89 bits per heavy atom. The summed E-state index contributed by atoms with van der Waals surface area (Å²) in [5, 5.41) is 4.16. The Bertz CT molecular complexity index is 604. The molecule has 0 bridgehead atoms. The molecule has 0 aliphatic rings. The van der Waals surface area contributed by atoms with Crippen LogP contribution in [0.5, 0.6) is 0 Å². The van der Waals surface area contributed by atoms with Gasteiger partial charge in [-0.1, -0.05) is 6.08 Å². The smallest absolute Gasteiger partial charge is 0.206 e. The van der Waals surface area contributed by atoms with Crippen LogP contribution in [-0.2, 0) is 6.54 Å². The topological polar surface area (TPSA) is 48.0 Å². The number of nitrogens with zero attached hydrogens (tertiary/aromatic N) is 2. The van der Waals surface area contributed by atoms with Gasteiger partial charge >= 0.3 is 0 Å². The molecule has 0 N–H and O–H groups in total. The lowest BCUT2D eigenvalue weighted by atomic mass is 10.2. The van der Waals surface area contributed by atoms with E-state index in [1.54, 1.807) is 29.3 Å². The number of ketones is 1. The fraction of sp³-hybridized carbons (Fsp3) is 0.200. The van der Waals surface area contributed by atoms with Gasteiger partial charge in [-0.25, -0.2) is 0 Å². The molecule has 0 aromatic carbocycles. The van der Waals surface area contributed by atoms with Gasteiger partial charge in [0.15, 0.2) is 0 Å². The van der Waals surface area contributed by atoms with Gasteiger partial charge in [0.2, 0.25) is 5.78 Å². The maximum atomic E-state index is 11.9. The molecule has 2 aromatic heterocycles. The predicted octanol–water partition coefficient (Wildman–Crippen LogP) is 3.34. The van der Waals surface area contributed by atoms with Crippen molar-refractivity contribution in [1.29, 1.82) is 0 Å². The number of carbonyl (C=O) groups excluding carboxylic acids is 1. The zero-order valence-electron chi connectivity index (χ0n) is 11.0. The Hall–Kier alpha value is -2.36. The minimum atomic E-state index is -0.0978. The Kier molecular flexibility index (Phi) is 4.13. The van der Waals surface area contributed by atoms with Crippen LogP contribution in [0.4, 0.5) is 0 Å². The molecule has 0 aliphatic heterocycles. The van der Waals surface area contributed by atoms with Crippen LogP contribution in [0.2, 0.25) is 0 Å². The Labute approximate surface area is 112 Å². The van der Waals surface area contributed by atoms with Crippen molar-refractivity contribution >= 4 is 11.9 Å². The summed E-state index contributed by atoms with van der Waals surface area (Å²) in [4.78, 5) is 11.9. The summed E-state index contributed by atoms with van der Waals surface area (Å²) in [6.07, 6.45) is 8.57. The number of hydrogen-bond acceptors (Lipinski definition) is 3. The van der Waals surface area contributed by atoms with E-state index in [2.05, 4.69) is 5.10 Å². The summed E-state index contributed by atoms with van der Waals surface area (Å²) in [5.74, 6) is 0.671. The first-order valence-electron chi connectivity index (χ1n) is 6.16. The molecule has 0 aliphatic carbocycles. The van der Waals surface area contributed by atoms with Crippen molar-refractivity contribution in [3.63, 3.8) is 0 Å². The second-order valence-corrected chi connectivity index (χ2v) is 4.16. The van der Waals surface area contributed by atoms with Crippen LogP contribution in [-0.4, -0.2) is 15.6 Å². The molecule has 0 fully saturated rings. The van der Waals surface area contributed by atoms with Crippen LogP contribution in [0.1, 0.15) is 30.1 Å². The van der Waals surface area contributed by atoms with E-state index in [1.807, 2.05) is 32.1 Å². The highest BCUT2D eigenvalue weighted by Gasteiger charge is 2.05. The summed E-state index contributed by atoms with van der Waals surface area (Å²) in [5.41, 5.74) is 1.40. The zero-order valence-corrected chi connectivity index (χ0v) is 11.0. The summed E-state index contributed by atoms with van der Waals surface area (Å²) < 4.78 is 6.93. The van der Waals surface area contributed by atoms with Crippen molar-refractivity contribution < 1.29 is 9.21 Å². The molecule has 0 radical (unpaired) electrons. The van der Waals surface area contributed by atoms with Crippen molar-refractivity contribution in [1.82, 2.24) is 9.78 Å². The highest BCUT2D eigenvalue weighted by atomic mass is 16.3. The lowest BCUT2D eigenvalue weighted by Gasteiger charge is -1.93. The molecule has 2 rings (SSSR count). The van der Waals surface area contributed by atoms with Gasteiger partial charge < -0.3 is 4.42 Å². The normalized spacial score (nSPS) is 12.2. The minimum absolute atomic E-state index is 0.0978. The van der Waals surface area contributed by atoms with Crippen molar-refractivity contribution in [2.75, 3.05) is 0 Å². The summed E-state index contributed by atoms with van der Waals surface area (Å²) in [6.45, 7) is 4.65. The van der Waals surface area contributed by atoms with Crippen LogP contribution in [0, 0.1) is 0 Å². The predicted molar refractivity (Wildman–Crippen MR) is 73.7 cm³/mol. The molecule has 0 atom stereocenters. The molecule has 0 saturated carbocycles. The van der Waals surface area contributed by atoms with Gasteiger partial charge in [0.05, 0.1) is 6.26 Å². The van der Waals surface area contributed by atoms with Gasteiger partial charge in [-0.05, 0) is 49.8 Å². The van der Waals surface area contributed by atoms with Gasteiger partial charge in [-0.3, -0.25) is 9.48 Å². The largest absolute Gasteiger partial charge is 0.465 e. The number of rotatable bonds is 5. The van der Waals surface area contributed by atoms with Crippen LogP contribution in [0.15, 0.2) is 52.8 Å². The molecule has 0 spiro atoms. The molecule has 0 amide bonds. The highest BCUT2D eigenvalue weighted by Crippen LogP contribution is 2.08. The molecule has 4 heteroatoms. The van der Waals surface area contributed by atoms with E-state index in [1.165, 1.54) is 6.08 Å². The number of aromatic nitrogens is 2. The number of furan rings is 1. The van der Waals surface area contributed by atoms with Gasteiger partial charge in [-0.15, -0.1) is 0 Å². The third kappa shape index (κ3) is 3.55. The number of hydrogen-bond donors (Lipinski definition) is 0. The van der Waals surface area contributed by atoms with Crippen molar-refractivity contribution in [2.45, 2.75) is 20.4 Å². The lowest BCUT2D eigenvalue weighted by molar-refractivity contribution is 0.104.